The molecule has 7 heteroatoms. The van der Waals surface area contributed by atoms with Crippen molar-refractivity contribution in [3.8, 4) is 11.3 Å². The van der Waals surface area contributed by atoms with E-state index in [1.54, 1.807) is 0 Å². The molecule has 0 unspecified atom stereocenters. The van der Waals surface area contributed by atoms with Crippen LogP contribution in [0.25, 0.3) is 11.3 Å². The van der Waals surface area contributed by atoms with Crippen LogP contribution in [0.4, 0.5) is 18.3 Å². The van der Waals surface area contributed by atoms with Crippen molar-refractivity contribution in [2.24, 2.45) is 5.10 Å². The van der Waals surface area contributed by atoms with E-state index < -0.39 is 17.8 Å². The quantitative estimate of drug-likeness (QED) is 0.500. The summed E-state index contributed by atoms with van der Waals surface area (Å²) in [5.41, 5.74) is 3.74. The third-order valence-corrected chi connectivity index (χ3v) is 4.00. The molecule has 3 rings (SSSR count). The van der Waals surface area contributed by atoms with Gasteiger partial charge < -0.3 is 0 Å². The Bertz CT molecular complexity index is 847. The lowest BCUT2D eigenvalue weighted by Crippen LogP contribution is -1.99. The highest BCUT2D eigenvalue weighted by molar-refractivity contribution is 7.14. The van der Waals surface area contributed by atoms with Crippen molar-refractivity contribution in [2.45, 2.75) is 6.43 Å². The largest absolute Gasteiger partial charge is 0.264 e. The van der Waals surface area contributed by atoms with Crippen LogP contribution < -0.4 is 5.43 Å². The topological polar surface area (TPSA) is 37.3 Å². The minimum Gasteiger partial charge on any atom is -0.253 e. The summed E-state index contributed by atoms with van der Waals surface area (Å²) < 4.78 is 39.5. The van der Waals surface area contributed by atoms with Gasteiger partial charge in [-0.05, 0) is 6.07 Å². The fourth-order valence-corrected chi connectivity index (χ4v) is 2.77. The van der Waals surface area contributed by atoms with Crippen LogP contribution in [0.5, 0.6) is 0 Å². The highest BCUT2D eigenvalue weighted by Crippen LogP contribution is 2.25. The van der Waals surface area contributed by atoms with Crippen LogP contribution >= 0.6 is 11.3 Å². The molecule has 24 heavy (non-hydrogen) atoms. The zero-order valence-corrected chi connectivity index (χ0v) is 13.1. The molecule has 0 aliphatic carbocycles. The number of alkyl halides is 2. The van der Waals surface area contributed by atoms with E-state index in [4.69, 9.17) is 0 Å². The number of hydrazone groups is 1. The Kier molecular flexibility index (Phi) is 4.90. The lowest BCUT2D eigenvalue weighted by Gasteiger charge is -2.05. The standard InChI is InChI=1S/C17H12F3N3S/c18-14-8-4-7-12(16(19)20)13(14)9-21-23-17-22-15(10-24-17)11-5-2-1-3-6-11/h1-10,16H,(H,22,23). The van der Waals surface area contributed by atoms with Crippen LogP contribution in [0.2, 0.25) is 0 Å². The van der Waals surface area contributed by atoms with E-state index in [9.17, 15) is 13.2 Å². The van der Waals surface area contributed by atoms with E-state index in [2.05, 4.69) is 15.5 Å². The SMILES string of the molecule is Fc1cccc(C(F)F)c1C=NNc1nc(-c2ccccc2)cs1. The van der Waals surface area contributed by atoms with E-state index in [1.165, 1.54) is 23.5 Å². The van der Waals surface area contributed by atoms with Gasteiger partial charge in [0.1, 0.15) is 5.82 Å². The number of nitrogens with one attached hydrogen (secondary N) is 1. The van der Waals surface area contributed by atoms with E-state index in [-0.39, 0.29) is 5.56 Å². The van der Waals surface area contributed by atoms with Crippen LogP contribution in [0.1, 0.15) is 17.6 Å². The number of aromatic nitrogens is 1. The Morgan fingerprint density at radius 1 is 1.08 bits per heavy atom. The molecule has 3 aromatic rings. The lowest BCUT2D eigenvalue weighted by atomic mass is 10.1. The van der Waals surface area contributed by atoms with Gasteiger partial charge in [-0.15, -0.1) is 11.3 Å². The Morgan fingerprint density at radius 3 is 2.62 bits per heavy atom. The van der Waals surface area contributed by atoms with Gasteiger partial charge in [0.25, 0.3) is 6.43 Å². The van der Waals surface area contributed by atoms with Crippen molar-refractivity contribution in [3.05, 3.63) is 70.9 Å². The minimum atomic E-state index is -2.77. The third kappa shape index (κ3) is 3.62. The molecule has 0 saturated heterocycles. The summed E-state index contributed by atoms with van der Waals surface area (Å²) in [6, 6.07) is 13.1. The number of hydrogen-bond donors (Lipinski definition) is 1. The summed E-state index contributed by atoms with van der Waals surface area (Å²) in [5.74, 6) is -0.748. The molecule has 0 aliphatic heterocycles. The second kappa shape index (κ2) is 7.27. The summed E-state index contributed by atoms with van der Waals surface area (Å²) in [4.78, 5) is 4.34. The summed E-state index contributed by atoms with van der Waals surface area (Å²) in [7, 11) is 0. The predicted molar refractivity (Wildman–Crippen MR) is 90.1 cm³/mol. The number of halogens is 3. The smallest absolute Gasteiger partial charge is 0.253 e. The first kappa shape index (κ1) is 16.2. The third-order valence-electron chi connectivity index (χ3n) is 3.25. The number of benzene rings is 2. The van der Waals surface area contributed by atoms with E-state index in [1.807, 2.05) is 35.7 Å². The fraction of sp³-hybridized carbons (Fsp3) is 0.0588. The van der Waals surface area contributed by atoms with Crippen molar-refractivity contribution in [2.75, 3.05) is 5.43 Å². The van der Waals surface area contributed by atoms with Gasteiger partial charge in [-0.25, -0.2) is 18.2 Å². The number of thiazole rings is 1. The van der Waals surface area contributed by atoms with Gasteiger partial charge in [-0.1, -0.05) is 42.5 Å². The molecule has 0 fully saturated rings. The van der Waals surface area contributed by atoms with E-state index in [0.29, 0.717) is 5.13 Å². The zero-order valence-electron chi connectivity index (χ0n) is 12.3. The van der Waals surface area contributed by atoms with Crippen molar-refractivity contribution < 1.29 is 13.2 Å². The normalized spacial score (nSPS) is 11.3. The second-order valence-corrected chi connectivity index (χ2v) is 5.68. The van der Waals surface area contributed by atoms with Gasteiger partial charge in [-0.3, -0.25) is 5.43 Å². The van der Waals surface area contributed by atoms with Crippen LogP contribution in [0.15, 0.2) is 59.0 Å². The summed E-state index contributed by atoms with van der Waals surface area (Å²) >= 11 is 1.32. The second-order valence-electron chi connectivity index (χ2n) is 4.82. The predicted octanol–water partition coefficient (Wildman–Crippen LogP) is 5.33. The Hall–Kier alpha value is -2.67. The fourth-order valence-electron chi connectivity index (χ4n) is 2.10. The van der Waals surface area contributed by atoms with Gasteiger partial charge in [-0.2, -0.15) is 5.10 Å². The van der Waals surface area contributed by atoms with Crippen molar-refractivity contribution >= 4 is 22.7 Å². The average molecular weight is 347 g/mol. The van der Waals surface area contributed by atoms with Crippen molar-refractivity contribution in [1.82, 2.24) is 4.98 Å². The van der Waals surface area contributed by atoms with Gasteiger partial charge in [0.05, 0.1) is 11.9 Å². The summed E-state index contributed by atoms with van der Waals surface area (Å²) in [5, 5.41) is 6.16. The molecule has 0 radical (unpaired) electrons. The van der Waals surface area contributed by atoms with Gasteiger partial charge in [0.2, 0.25) is 5.13 Å². The Balaban J connectivity index is 1.75. The van der Waals surface area contributed by atoms with E-state index in [0.717, 1.165) is 23.5 Å². The molecule has 0 saturated carbocycles. The molecule has 1 aromatic heterocycles. The molecule has 0 bridgehead atoms. The molecule has 0 spiro atoms. The molecular weight excluding hydrogens is 335 g/mol. The number of nitrogens with zero attached hydrogens (tertiary/aromatic N) is 2. The van der Waals surface area contributed by atoms with Gasteiger partial charge in [0, 0.05) is 22.1 Å². The van der Waals surface area contributed by atoms with Crippen LogP contribution in [0.3, 0.4) is 0 Å². The number of hydrogen-bond acceptors (Lipinski definition) is 4. The maximum atomic E-state index is 13.7. The molecule has 0 aliphatic rings. The zero-order chi connectivity index (χ0) is 16.9. The Morgan fingerprint density at radius 2 is 1.88 bits per heavy atom. The average Bonchev–Trinajstić information content (AvgIpc) is 3.06. The molecule has 0 amide bonds. The van der Waals surface area contributed by atoms with Crippen LogP contribution in [0, 0.1) is 5.82 Å². The first-order valence-electron chi connectivity index (χ1n) is 7.01. The maximum absolute atomic E-state index is 13.7. The monoisotopic (exact) mass is 347 g/mol. The van der Waals surface area contributed by atoms with Crippen molar-refractivity contribution in [1.29, 1.82) is 0 Å². The number of anilines is 1. The Labute approximate surface area is 140 Å². The molecule has 122 valence electrons. The molecule has 1 N–H and O–H groups in total. The van der Waals surface area contributed by atoms with Crippen LogP contribution in [-0.2, 0) is 0 Å². The molecule has 2 aromatic carbocycles. The summed E-state index contributed by atoms with van der Waals surface area (Å²) in [6.45, 7) is 0. The highest BCUT2D eigenvalue weighted by Gasteiger charge is 2.14. The van der Waals surface area contributed by atoms with E-state index >= 15 is 0 Å². The summed E-state index contributed by atoms with van der Waals surface area (Å²) in [6.07, 6.45) is -1.73. The number of rotatable bonds is 5. The van der Waals surface area contributed by atoms with Gasteiger partial charge >= 0.3 is 0 Å². The van der Waals surface area contributed by atoms with Gasteiger partial charge in [0.15, 0.2) is 0 Å². The van der Waals surface area contributed by atoms with Crippen molar-refractivity contribution in [3.63, 3.8) is 0 Å². The highest BCUT2D eigenvalue weighted by atomic mass is 32.1. The first-order valence-corrected chi connectivity index (χ1v) is 7.89. The minimum absolute atomic E-state index is 0.236. The molecule has 3 nitrogen and oxygen atoms in total. The molecular formula is C17H12F3N3S. The first-order chi connectivity index (χ1) is 11.6. The van der Waals surface area contributed by atoms with Crippen LogP contribution in [-0.4, -0.2) is 11.2 Å². The molecule has 0 atom stereocenters. The lowest BCUT2D eigenvalue weighted by molar-refractivity contribution is 0.151. The molecule has 1 heterocycles. The maximum Gasteiger partial charge on any atom is 0.264 e.